The molecule has 0 aliphatic rings. The molecule has 6 nitrogen and oxygen atoms in total. The highest BCUT2D eigenvalue weighted by Gasteiger charge is 2.22. The first-order valence-electron chi connectivity index (χ1n) is 6.22. The predicted octanol–water partition coefficient (Wildman–Crippen LogP) is 2.06. The smallest absolute Gasteiger partial charge is 0.259 e. The number of methoxy groups -OCH3 is 1. The van der Waals surface area contributed by atoms with E-state index in [4.69, 9.17) is 15.0 Å². The van der Waals surface area contributed by atoms with Gasteiger partial charge in [0.25, 0.3) is 5.91 Å². The van der Waals surface area contributed by atoms with Crippen molar-refractivity contribution in [3.8, 4) is 10.6 Å². The standard InChI is InChI=1S/C13H17N3O3S/c1-8-4-5-9(20-8)11-10(12(14)19-16-11)13(17)15-6-3-7-18-2/h4-5H,3,6-7,14H2,1-2H3,(H,15,17). The fourth-order valence-electron chi connectivity index (χ4n) is 1.76. The summed E-state index contributed by atoms with van der Waals surface area (Å²) in [6.45, 7) is 3.10. The second-order valence-corrected chi connectivity index (χ2v) is 5.57. The van der Waals surface area contributed by atoms with Crippen LogP contribution >= 0.6 is 11.3 Å². The van der Waals surface area contributed by atoms with Crippen LogP contribution in [-0.4, -0.2) is 31.3 Å². The van der Waals surface area contributed by atoms with Crippen molar-refractivity contribution >= 4 is 23.1 Å². The molecule has 20 heavy (non-hydrogen) atoms. The van der Waals surface area contributed by atoms with E-state index in [1.807, 2.05) is 19.1 Å². The van der Waals surface area contributed by atoms with Crippen LogP contribution in [0.1, 0.15) is 21.7 Å². The number of nitrogens with two attached hydrogens (primary N) is 1. The number of nitrogens with one attached hydrogen (secondary N) is 1. The van der Waals surface area contributed by atoms with Crippen molar-refractivity contribution in [1.29, 1.82) is 0 Å². The predicted molar refractivity (Wildman–Crippen MR) is 77.8 cm³/mol. The van der Waals surface area contributed by atoms with E-state index in [2.05, 4.69) is 10.5 Å². The Bertz CT molecular complexity index is 591. The molecule has 0 aliphatic heterocycles. The number of aromatic nitrogens is 1. The van der Waals surface area contributed by atoms with E-state index in [0.717, 1.165) is 16.2 Å². The van der Waals surface area contributed by atoms with Crippen LogP contribution in [0.3, 0.4) is 0 Å². The average molecular weight is 295 g/mol. The lowest BCUT2D eigenvalue weighted by Crippen LogP contribution is -2.26. The Balaban J connectivity index is 2.15. The Labute approximate surface area is 120 Å². The van der Waals surface area contributed by atoms with Crippen LogP contribution < -0.4 is 11.1 Å². The van der Waals surface area contributed by atoms with Gasteiger partial charge in [0.05, 0.1) is 4.88 Å². The number of hydrogen-bond acceptors (Lipinski definition) is 6. The normalized spacial score (nSPS) is 10.7. The number of hydrogen-bond donors (Lipinski definition) is 2. The Morgan fingerprint density at radius 3 is 3.00 bits per heavy atom. The summed E-state index contributed by atoms with van der Waals surface area (Å²) < 4.78 is 9.89. The molecular weight excluding hydrogens is 278 g/mol. The van der Waals surface area contributed by atoms with Gasteiger partial charge in [0, 0.05) is 25.1 Å². The zero-order chi connectivity index (χ0) is 14.5. The van der Waals surface area contributed by atoms with Crippen LogP contribution in [-0.2, 0) is 4.74 Å². The maximum absolute atomic E-state index is 12.2. The molecule has 3 N–H and O–H groups in total. The van der Waals surface area contributed by atoms with E-state index in [-0.39, 0.29) is 11.8 Å². The molecule has 2 heterocycles. The number of carbonyl (C=O) groups is 1. The molecule has 0 aromatic carbocycles. The lowest BCUT2D eigenvalue weighted by Gasteiger charge is -2.04. The Morgan fingerprint density at radius 2 is 2.35 bits per heavy atom. The summed E-state index contributed by atoms with van der Waals surface area (Å²) in [7, 11) is 1.62. The molecule has 0 saturated heterocycles. The van der Waals surface area contributed by atoms with Gasteiger partial charge in [-0.25, -0.2) is 0 Å². The van der Waals surface area contributed by atoms with Crippen molar-refractivity contribution in [2.45, 2.75) is 13.3 Å². The first kappa shape index (κ1) is 14.5. The van der Waals surface area contributed by atoms with Crippen LogP contribution in [0.15, 0.2) is 16.7 Å². The maximum Gasteiger partial charge on any atom is 0.259 e. The second-order valence-electron chi connectivity index (χ2n) is 4.28. The van der Waals surface area contributed by atoms with Gasteiger partial charge in [0.15, 0.2) is 0 Å². The number of aryl methyl sites for hydroxylation is 1. The van der Waals surface area contributed by atoms with Crippen LogP contribution in [0.4, 0.5) is 5.88 Å². The maximum atomic E-state index is 12.2. The summed E-state index contributed by atoms with van der Waals surface area (Å²) in [6, 6.07) is 3.87. The lowest BCUT2D eigenvalue weighted by molar-refractivity contribution is 0.0950. The SMILES string of the molecule is COCCCNC(=O)c1c(-c2ccc(C)s2)noc1N. The molecule has 1 amide bonds. The summed E-state index contributed by atoms with van der Waals surface area (Å²) in [6.07, 6.45) is 0.737. The third-order valence-corrected chi connectivity index (χ3v) is 3.74. The van der Waals surface area contributed by atoms with Gasteiger partial charge in [-0.1, -0.05) is 5.16 Å². The highest BCUT2D eigenvalue weighted by atomic mass is 32.1. The van der Waals surface area contributed by atoms with Gasteiger partial charge >= 0.3 is 0 Å². The number of nitrogens with zero attached hydrogens (tertiary/aromatic N) is 1. The Morgan fingerprint density at radius 1 is 1.55 bits per heavy atom. The Hall–Kier alpha value is -1.86. The molecule has 0 aliphatic carbocycles. The van der Waals surface area contributed by atoms with Crippen molar-refractivity contribution in [3.05, 3.63) is 22.6 Å². The molecule has 0 bridgehead atoms. The lowest BCUT2D eigenvalue weighted by atomic mass is 10.2. The summed E-state index contributed by atoms with van der Waals surface area (Å²) in [5, 5.41) is 6.67. The summed E-state index contributed by atoms with van der Waals surface area (Å²) in [5.41, 5.74) is 6.49. The summed E-state index contributed by atoms with van der Waals surface area (Å²) in [4.78, 5) is 14.2. The molecule has 0 unspecified atom stereocenters. The van der Waals surface area contributed by atoms with Gasteiger partial charge in [0.1, 0.15) is 11.3 Å². The first-order chi connectivity index (χ1) is 9.63. The zero-order valence-electron chi connectivity index (χ0n) is 11.4. The van der Waals surface area contributed by atoms with E-state index in [1.54, 1.807) is 7.11 Å². The van der Waals surface area contributed by atoms with Crippen LogP contribution in [0.5, 0.6) is 0 Å². The van der Waals surface area contributed by atoms with E-state index in [0.29, 0.717) is 24.4 Å². The number of rotatable bonds is 6. The van der Waals surface area contributed by atoms with Crippen molar-refractivity contribution in [2.75, 3.05) is 26.0 Å². The van der Waals surface area contributed by atoms with Crippen molar-refractivity contribution < 1.29 is 14.1 Å². The highest BCUT2D eigenvalue weighted by Crippen LogP contribution is 2.32. The molecule has 0 spiro atoms. The molecule has 2 rings (SSSR count). The number of amides is 1. The highest BCUT2D eigenvalue weighted by molar-refractivity contribution is 7.15. The van der Waals surface area contributed by atoms with Gasteiger partial charge in [-0.3, -0.25) is 4.79 Å². The minimum absolute atomic E-state index is 0.0373. The third-order valence-electron chi connectivity index (χ3n) is 2.73. The summed E-state index contributed by atoms with van der Waals surface area (Å²) in [5.74, 6) is -0.240. The molecule has 0 atom stereocenters. The number of carbonyl (C=O) groups excluding carboxylic acids is 1. The molecule has 0 saturated carbocycles. The number of anilines is 1. The minimum atomic E-state index is -0.277. The van der Waals surface area contributed by atoms with E-state index in [1.165, 1.54) is 11.3 Å². The number of ether oxygens (including phenoxy) is 1. The second kappa shape index (κ2) is 6.53. The van der Waals surface area contributed by atoms with Gasteiger partial charge in [-0.2, -0.15) is 0 Å². The first-order valence-corrected chi connectivity index (χ1v) is 7.04. The van der Waals surface area contributed by atoms with E-state index in [9.17, 15) is 4.79 Å². The molecule has 0 fully saturated rings. The van der Waals surface area contributed by atoms with Gasteiger partial charge in [0.2, 0.25) is 5.88 Å². The fraction of sp³-hybridized carbons (Fsp3) is 0.385. The van der Waals surface area contributed by atoms with E-state index >= 15 is 0 Å². The minimum Gasteiger partial charge on any atom is -0.385 e. The molecule has 2 aromatic heterocycles. The van der Waals surface area contributed by atoms with Crippen LogP contribution in [0.2, 0.25) is 0 Å². The largest absolute Gasteiger partial charge is 0.385 e. The van der Waals surface area contributed by atoms with Crippen molar-refractivity contribution in [2.24, 2.45) is 0 Å². The van der Waals surface area contributed by atoms with Crippen molar-refractivity contribution in [1.82, 2.24) is 10.5 Å². The molecule has 7 heteroatoms. The van der Waals surface area contributed by atoms with Crippen LogP contribution in [0.25, 0.3) is 10.6 Å². The van der Waals surface area contributed by atoms with Crippen molar-refractivity contribution in [3.63, 3.8) is 0 Å². The third kappa shape index (κ3) is 3.17. The van der Waals surface area contributed by atoms with Gasteiger partial charge < -0.3 is 20.3 Å². The molecule has 2 aromatic rings. The Kier molecular flexibility index (Phi) is 4.75. The molecule has 108 valence electrons. The van der Waals surface area contributed by atoms with Crippen LogP contribution in [0, 0.1) is 6.92 Å². The number of nitrogen functional groups attached to an aromatic ring is 1. The molecule has 0 radical (unpaired) electrons. The monoisotopic (exact) mass is 295 g/mol. The number of thiophene rings is 1. The zero-order valence-corrected chi connectivity index (χ0v) is 12.3. The topological polar surface area (TPSA) is 90.4 Å². The quantitative estimate of drug-likeness (QED) is 0.796. The fourth-order valence-corrected chi connectivity index (χ4v) is 2.61. The van der Waals surface area contributed by atoms with Gasteiger partial charge in [-0.15, -0.1) is 11.3 Å². The van der Waals surface area contributed by atoms with E-state index < -0.39 is 0 Å². The molecular formula is C13H17N3O3S. The summed E-state index contributed by atoms with van der Waals surface area (Å²) >= 11 is 1.54. The van der Waals surface area contributed by atoms with Gasteiger partial charge in [-0.05, 0) is 25.5 Å². The average Bonchev–Trinajstić information content (AvgIpc) is 3.00.